The minimum Gasteiger partial charge on any atom is -0.314 e. The van der Waals surface area contributed by atoms with Gasteiger partial charge in [0.2, 0.25) is 0 Å². The van der Waals surface area contributed by atoms with E-state index in [1.165, 1.54) is 22.1 Å². The molecule has 1 atom stereocenters. The van der Waals surface area contributed by atoms with Crippen molar-refractivity contribution in [3.05, 3.63) is 48.0 Å². The monoisotopic (exact) mass is 229 g/mol. The number of hydrogen-bond donors (Lipinski definition) is 1. The van der Waals surface area contributed by atoms with Crippen molar-refractivity contribution < 1.29 is 0 Å². The van der Waals surface area contributed by atoms with Gasteiger partial charge in [-0.15, -0.1) is 0 Å². The Morgan fingerprint density at radius 2 is 1.94 bits per heavy atom. The van der Waals surface area contributed by atoms with Crippen molar-refractivity contribution in [3.8, 4) is 0 Å². The molecule has 0 bridgehead atoms. The molecule has 1 nitrogen and oxygen atoms in total. The van der Waals surface area contributed by atoms with Gasteiger partial charge in [-0.05, 0) is 16.3 Å². The van der Waals surface area contributed by atoms with Crippen molar-refractivity contribution in [1.82, 2.24) is 5.32 Å². The van der Waals surface area contributed by atoms with E-state index >= 15 is 0 Å². The Bertz CT molecular complexity index is 484. The van der Waals surface area contributed by atoms with Gasteiger partial charge in [0.25, 0.3) is 0 Å². The normalized spacial score (nSPS) is 21.1. The van der Waals surface area contributed by atoms with E-state index < -0.39 is 0 Å². The fourth-order valence-electron chi connectivity index (χ4n) is 2.30. The molecule has 0 radical (unpaired) electrons. The second-order valence-electron chi connectivity index (χ2n) is 4.13. The van der Waals surface area contributed by atoms with Gasteiger partial charge >= 0.3 is 0 Å². The third kappa shape index (κ3) is 1.83. The molecule has 1 heterocycles. The highest BCUT2D eigenvalue weighted by atomic mass is 32.2. The van der Waals surface area contributed by atoms with Crippen molar-refractivity contribution in [2.24, 2.45) is 0 Å². The van der Waals surface area contributed by atoms with Gasteiger partial charge in [0.1, 0.15) is 0 Å². The molecule has 3 rings (SSSR count). The van der Waals surface area contributed by atoms with Crippen LogP contribution in [0, 0.1) is 0 Å². The van der Waals surface area contributed by atoms with Crippen LogP contribution in [0.15, 0.2) is 42.5 Å². The summed E-state index contributed by atoms with van der Waals surface area (Å²) in [7, 11) is 0. The van der Waals surface area contributed by atoms with Gasteiger partial charge in [0.05, 0.1) is 0 Å². The van der Waals surface area contributed by atoms with Gasteiger partial charge in [-0.25, -0.2) is 0 Å². The minimum absolute atomic E-state index is 0.611. The Labute approximate surface area is 100 Å². The average Bonchev–Trinajstić information content (AvgIpc) is 2.39. The smallest absolute Gasteiger partial charge is 0.0428 e. The quantitative estimate of drug-likeness (QED) is 0.806. The fraction of sp³-hybridized carbons (Fsp3) is 0.286. The molecule has 0 amide bonds. The van der Waals surface area contributed by atoms with Crippen molar-refractivity contribution in [2.45, 2.75) is 5.25 Å². The molecule has 16 heavy (non-hydrogen) atoms. The van der Waals surface area contributed by atoms with Crippen LogP contribution in [-0.2, 0) is 0 Å². The molecule has 1 N–H and O–H groups in total. The molecular formula is C14H15NS. The first-order valence-electron chi connectivity index (χ1n) is 5.75. The summed E-state index contributed by atoms with van der Waals surface area (Å²) in [5.41, 5.74) is 1.48. The summed E-state index contributed by atoms with van der Waals surface area (Å²) in [6.45, 7) is 2.24. The highest BCUT2D eigenvalue weighted by Crippen LogP contribution is 2.34. The zero-order valence-electron chi connectivity index (χ0n) is 9.15. The topological polar surface area (TPSA) is 12.0 Å². The minimum atomic E-state index is 0.611. The maximum absolute atomic E-state index is 3.48. The molecular weight excluding hydrogens is 214 g/mol. The molecule has 0 spiro atoms. The molecule has 1 aliphatic heterocycles. The van der Waals surface area contributed by atoms with Crippen LogP contribution in [0.5, 0.6) is 0 Å². The molecule has 2 heteroatoms. The van der Waals surface area contributed by atoms with Crippen LogP contribution in [0.3, 0.4) is 0 Å². The fourth-order valence-corrected chi connectivity index (χ4v) is 3.46. The van der Waals surface area contributed by atoms with Crippen LogP contribution in [0.2, 0.25) is 0 Å². The number of fused-ring (bicyclic) bond motifs is 1. The summed E-state index contributed by atoms with van der Waals surface area (Å²) in [6, 6.07) is 15.3. The average molecular weight is 229 g/mol. The van der Waals surface area contributed by atoms with Gasteiger partial charge in [-0.3, -0.25) is 0 Å². The lowest BCUT2D eigenvalue weighted by molar-refractivity contribution is 0.691. The molecule has 1 saturated heterocycles. The Morgan fingerprint density at radius 1 is 1.06 bits per heavy atom. The SMILES string of the molecule is c1ccc2c(C3CNCCS3)cccc2c1. The third-order valence-corrected chi connectivity index (χ3v) is 4.36. The van der Waals surface area contributed by atoms with E-state index in [0.29, 0.717) is 5.25 Å². The molecule has 1 aliphatic rings. The summed E-state index contributed by atoms with van der Waals surface area (Å²) in [4.78, 5) is 0. The summed E-state index contributed by atoms with van der Waals surface area (Å²) in [5, 5.41) is 6.85. The first kappa shape index (κ1) is 10.2. The highest BCUT2D eigenvalue weighted by molar-refractivity contribution is 7.99. The van der Waals surface area contributed by atoms with Crippen LogP contribution in [-0.4, -0.2) is 18.8 Å². The summed E-state index contributed by atoms with van der Waals surface area (Å²) >= 11 is 2.07. The number of benzene rings is 2. The lowest BCUT2D eigenvalue weighted by Gasteiger charge is -2.23. The number of rotatable bonds is 1. The van der Waals surface area contributed by atoms with Crippen molar-refractivity contribution in [3.63, 3.8) is 0 Å². The van der Waals surface area contributed by atoms with Gasteiger partial charge in [-0.2, -0.15) is 11.8 Å². The Balaban J connectivity index is 2.08. The summed E-state index contributed by atoms with van der Waals surface area (Å²) in [6.07, 6.45) is 0. The predicted molar refractivity (Wildman–Crippen MR) is 72.0 cm³/mol. The van der Waals surface area contributed by atoms with Crippen molar-refractivity contribution >= 4 is 22.5 Å². The third-order valence-electron chi connectivity index (χ3n) is 3.10. The number of thioether (sulfide) groups is 1. The zero-order valence-corrected chi connectivity index (χ0v) is 9.96. The van der Waals surface area contributed by atoms with Crippen LogP contribution in [0.25, 0.3) is 10.8 Å². The second kappa shape index (κ2) is 4.48. The van der Waals surface area contributed by atoms with Crippen LogP contribution in [0.1, 0.15) is 10.8 Å². The lowest BCUT2D eigenvalue weighted by atomic mass is 10.0. The lowest BCUT2D eigenvalue weighted by Crippen LogP contribution is -2.28. The predicted octanol–water partition coefficient (Wildman–Crippen LogP) is 3.22. The van der Waals surface area contributed by atoms with E-state index in [9.17, 15) is 0 Å². The Hall–Kier alpha value is -0.990. The van der Waals surface area contributed by atoms with E-state index in [0.717, 1.165) is 13.1 Å². The molecule has 1 unspecified atom stereocenters. The Kier molecular flexibility index (Phi) is 2.85. The largest absolute Gasteiger partial charge is 0.314 e. The molecule has 2 aromatic carbocycles. The summed E-state index contributed by atoms with van der Waals surface area (Å²) < 4.78 is 0. The molecule has 2 aromatic rings. The molecule has 82 valence electrons. The number of hydrogen-bond acceptors (Lipinski definition) is 2. The molecule has 0 aromatic heterocycles. The van der Waals surface area contributed by atoms with Gasteiger partial charge < -0.3 is 5.32 Å². The maximum Gasteiger partial charge on any atom is 0.0428 e. The first-order chi connectivity index (χ1) is 7.95. The summed E-state index contributed by atoms with van der Waals surface area (Å²) in [5.74, 6) is 1.22. The standard InChI is InChI=1S/C14H15NS/c1-2-6-12-11(4-1)5-3-7-13(12)14-10-15-8-9-16-14/h1-7,14-15H,8-10H2. The van der Waals surface area contributed by atoms with E-state index in [1.54, 1.807) is 0 Å². The van der Waals surface area contributed by atoms with Crippen molar-refractivity contribution in [1.29, 1.82) is 0 Å². The van der Waals surface area contributed by atoms with E-state index in [-0.39, 0.29) is 0 Å². The van der Waals surface area contributed by atoms with Gasteiger partial charge in [0, 0.05) is 24.1 Å². The van der Waals surface area contributed by atoms with Crippen molar-refractivity contribution in [2.75, 3.05) is 18.8 Å². The van der Waals surface area contributed by atoms with Crippen LogP contribution >= 0.6 is 11.8 Å². The maximum atomic E-state index is 3.48. The van der Waals surface area contributed by atoms with E-state index in [1.807, 2.05) is 0 Å². The van der Waals surface area contributed by atoms with Gasteiger partial charge in [-0.1, -0.05) is 42.5 Å². The highest BCUT2D eigenvalue weighted by Gasteiger charge is 2.17. The van der Waals surface area contributed by atoms with E-state index in [4.69, 9.17) is 0 Å². The van der Waals surface area contributed by atoms with Crippen LogP contribution in [0.4, 0.5) is 0 Å². The molecule has 0 aliphatic carbocycles. The number of nitrogens with one attached hydrogen (secondary N) is 1. The van der Waals surface area contributed by atoms with E-state index in [2.05, 4.69) is 59.5 Å². The van der Waals surface area contributed by atoms with Gasteiger partial charge in [0.15, 0.2) is 0 Å². The van der Waals surface area contributed by atoms with Crippen LogP contribution < -0.4 is 5.32 Å². The Morgan fingerprint density at radius 3 is 2.81 bits per heavy atom. The molecule has 1 fully saturated rings. The second-order valence-corrected chi connectivity index (χ2v) is 5.44. The zero-order chi connectivity index (χ0) is 10.8. The molecule has 0 saturated carbocycles. The first-order valence-corrected chi connectivity index (χ1v) is 6.80.